The number of nitrogens with two attached hydrogens (primary N) is 1. The summed E-state index contributed by atoms with van der Waals surface area (Å²) in [6, 6.07) is 4.19. The molecule has 1 aromatic heterocycles. The summed E-state index contributed by atoms with van der Waals surface area (Å²) in [5.74, 6) is 0.748. The van der Waals surface area contributed by atoms with Crippen LogP contribution >= 0.6 is 11.6 Å². The Morgan fingerprint density at radius 2 is 1.76 bits per heavy atom. The Kier molecular flexibility index (Phi) is 5.15. The van der Waals surface area contributed by atoms with Gasteiger partial charge in [0.1, 0.15) is 5.75 Å². The van der Waals surface area contributed by atoms with Gasteiger partial charge in [0.2, 0.25) is 0 Å². The molecule has 0 aliphatic rings. The van der Waals surface area contributed by atoms with E-state index in [0.717, 1.165) is 35.3 Å². The van der Waals surface area contributed by atoms with Gasteiger partial charge >= 0.3 is 6.01 Å². The minimum atomic E-state index is 0.140. The standard InChI is InChI=1S/C16H20ClN3O/c1-4-14(18)7-12-8-19-16(20-9-12)21-15-10(2)5-13(17)6-11(15)3/h5-6,8-9,14H,4,7,18H2,1-3H3. The molecule has 21 heavy (non-hydrogen) atoms. The summed E-state index contributed by atoms with van der Waals surface area (Å²) >= 11 is 6.01. The number of rotatable bonds is 5. The summed E-state index contributed by atoms with van der Waals surface area (Å²) < 4.78 is 5.77. The first-order valence-corrected chi connectivity index (χ1v) is 7.38. The van der Waals surface area contributed by atoms with Gasteiger partial charge in [0.05, 0.1) is 0 Å². The topological polar surface area (TPSA) is 61.0 Å². The molecular weight excluding hydrogens is 286 g/mol. The summed E-state index contributed by atoms with van der Waals surface area (Å²) in [7, 11) is 0. The lowest BCUT2D eigenvalue weighted by atomic mass is 10.1. The predicted molar refractivity (Wildman–Crippen MR) is 85.0 cm³/mol. The highest BCUT2D eigenvalue weighted by Gasteiger charge is 2.09. The third-order valence-electron chi connectivity index (χ3n) is 3.32. The Morgan fingerprint density at radius 3 is 2.29 bits per heavy atom. The molecule has 2 aromatic rings. The molecule has 0 saturated carbocycles. The molecule has 112 valence electrons. The lowest BCUT2D eigenvalue weighted by Crippen LogP contribution is -2.21. The highest BCUT2D eigenvalue weighted by atomic mass is 35.5. The molecule has 0 saturated heterocycles. The molecule has 1 heterocycles. The van der Waals surface area contributed by atoms with Crippen LogP contribution in [0.5, 0.6) is 11.8 Å². The summed E-state index contributed by atoms with van der Waals surface area (Å²) in [6.45, 7) is 5.96. The largest absolute Gasteiger partial charge is 0.424 e. The second-order valence-electron chi connectivity index (χ2n) is 5.22. The Hall–Kier alpha value is -1.65. The Balaban J connectivity index is 2.14. The van der Waals surface area contributed by atoms with E-state index in [0.29, 0.717) is 11.0 Å². The molecule has 0 spiro atoms. The van der Waals surface area contributed by atoms with Crippen molar-refractivity contribution in [2.45, 2.75) is 39.7 Å². The van der Waals surface area contributed by atoms with Gasteiger partial charge in [0.25, 0.3) is 0 Å². The van der Waals surface area contributed by atoms with Gasteiger partial charge in [0.15, 0.2) is 0 Å². The number of ether oxygens (including phenoxy) is 1. The number of halogens is 1. The van der Waals surface area contributed by atoms with Gasteiger partial charge in [-0.2, -0.15) is 0 Å². The highest BCUT2D eigenvalue weighted by Crippen LogP contribution is 2.29. The van der Waals surface area contributed by atoms with Gasteiger partial charge in [-0.1, -0.05) is 18.5 Å². The van der Waals surface area contributed by atoms with Crippen molar-refractivity contribution >= 4 is 11.6 Å². The van der Waals surface area contributed by atoms with E-state index in [-0.39, 0.29) is 6.04 Å². The van der Waals surface area contributed by atoms with Gasteiger partial charge in [-0.3, -0.25) is 0 Å². The van der Waals surface area contributed by atoms with Crippen molar-refractivity contribution in [2.24, 2.45) is 5.73 Å². The summed E-state index contributed by atoms with van der Waals surface area (Å²) in [6.07, 6.45) is 5.23. The molecule has 5 heteroatoms. The number of aryl methyl sites for hydroxylation is 2. The van der Waals surface area contributed by atoms with Gasteiger partial charge in [-0.25, -0.2) is 9.97 Å². The molecule has 0 bridgehead atoms. The molecular formula is C16H20ClN3O. The molecule has 1 unspecified atom stereocenters. The molecule has 0 aliphatic heterocycles. The van der Waals surface area contributed by atoms with Crippen LogP contribution in [0.3, 0.4) is 0 Å². The maximum absolute atomic E-state index is 6.01. The van der Waals surface area contributed by atoms with Crippen molar-refractivity contribution in [1.82, 2.24) is 9.97 Å². The SMILES string of the molecule is CCC(N)Cc1cnc(Oc2c(C)cc(Cl)cc2C)nc1. The Bertz CT molecular complexity index is 590. The number of benzene rings is 1. The molecule has 1 atom stereocenters. The molecule has 0 radical (unpaired) electrons. The van der Waals surface area contributed by atoms with Crippen LogP contribution in [0.1, 0.15) is 30.0 Å². The van der Waals surface area contributed by atoms with Crippen molar-refractivity contribution in [2.75, 3.05) is 0 Å². The van der Waals surface area contributed by atoms with Gasteiger partial charge < -0.3 is 10.5 Å². The first-order chi connectivity index (χ1) is 9.99. The van der Waals surface area contributed by atoms with Gasteiger partial charge in [-0.15, -0.1) is 0 Å². The number of aromatic nitrogens is 2. The van der Waals surface area contributed by atoms with Crippen LogP contribution in [0, 0.1) is 13.8 Å². The molecule has 0 fully saturated rings. The fraction of sp³-hybridized carbons (Fsp3) is 0.375. The van der Waals surface area contributed by atoms with E-state index in [2.05, 4.69) is 16.9 Å². The molecule has 2 N–H and O–H groups in total. The summed E-state index contributed by atoms with van der Waals surface area (Å²) in [5.41, 5.74) is 8.85. The van der Waals surface area contributed by atoms with E-state index >= 15 is 0 Å². The second kappa shape index (κ2) is 6.87. The number of hydrogen-bond acceptors (Lipinski definition) is 4. The first-order valence-electron chi connectivity index (χ1n) is 7.00. The smallest absolute Gasteiger partial charge is 0.321 e. The van der Waals surface area contributed by atoms with E-state index in [1.165, 1.54) is 0 Å². The monoisotopic (exact) mass is 305 g/mol. The molecule has 0 amide bonds. The number of hydrogen-bond donors (Lipinski definition) is 1. The lowest BCUT2D eigenvalue weighted by molar-refractivity contribution is 0.434. The fourth-order valence-corrected chi connectivity index (χ4v) is 2.43. The normalized spacial score (nSPS) is 12.2. The molecule has 2 rings (SSSR count). The van der Waals surface area contributed by atoms with Crippen molar-refractivity contribution < 1.29 is 4.74 Å². The van der Waals surface area contributed by atoms with Crippen LogP contribution in [-0.4, -0.2) is 16.0 Å². The Labute approximate surface area is 130 Å². The van der Waals surface area contributed by atoms with Gasteiger partial charge in [-0.05, 0) is 55.5 Å². The average Bonchev–Trinajstić information content (AvgIpc) is 2.44. The number of nitrogens with zero attached hydrogens (tertiary/aromatic N) is 2. The lowest BCUT2D eigenvalue weighted by Gasteiger charge is -2.11. The third-order valence-corrected chi connectivity index (χ3v) is 3.54. The summed E-state index contributed by atoms with van der Waals surface area (Å²) in [4.78, 5) is 8.49. The zero-order chi connectivity index (χ0) is 15.4. The maximum Gasteiger partial charge on any atom is 0.321 e. The van der Waals surface area contributed by atoms with E-state index < -0.39 is 0 Å². The summed E-state index contributed by atoms with van der Waals surface area (Å²) in [5, 5.41) is 0.696. The maximum atomic E-state index is 6.01. The zero-order valence-corrected chi connectivity index (χ0v) is 13.3. The van der Waals surface area contributed by atoms with Crippen molar-refractivity contribution in [1.29, 1.82) is 0 Å². The van der Waals surface area contributed by atoms with Crippen molar-refractivity contribution in [3.8, 4) is 11.8 Å². The molecule has 1 aromatic carbocycles. The van der Waals surface area contributed by atoms with Crippen molar-refractivity contribution in [3.63, 3.8) is 0 Å². The third kappa shape index (κ3) is 4.16. The molecule has 4 nitrogen and oxygen atoms in total. The van der Waals surface area contributed by atoms with Crippen LogP contribution in [0.4, 0.5) is 0 Å². The predicted octanol–water partition coefficient (Wildman–Crippen LogP) is 3.82. The van der Waals surface area contributed by atoms with Gasteiger partial charge in [0, 0.05) is 23.5 Å². The van der Waals surface area contributed by atoms with E-state index in [1.54, 1.807) is 12.4 Å². The minimum absolute atomic E-state index is 0.140. The Morgan fingerprint density at radius 1 is 1.19 bits per heavy atom. The van der Waals surface area contributed by atoms with Crippen LogP contribution < -0.4 is 10.5 Å². The van der Waals surface area contributed by atoms with E-state index in [9.17, 15) is 0 Å². The van der Waals surface area contributed by atoms with Crippen molar-refractivity contribution in [3.05, 3.63) is 46.2 Å². The van der Waals surface area contributed by atoms with Crippen LogP contribution in [0.15, 0.2) is 24.5 Å². The van der Waals surface area contributed by atoms with Crippen LogP contribution in [0.2, 0.25) is 5.02 Å². The zero-order valence-electron chi connectivity index (χ0n) is 12.6. The fourth-order valence-electron chi connectivity index (χ4n) is 2.10. The average molecular weight is 306 g/mol. The second-order valence-corrected chi connectivity index (χ2v) is 5.65. The highest BCUT2D eigenvalue weighted by molar-refractivity contribution is 6.30. The minimum Gasteiger partial charge on any atom is -0.424 e. The quantitative estimate of drug-likeness (QED) is 0.912. The van der Waals surface area contributed by atoms with Crippen LogP contribution in [0.25, 0.3) is 0 Å². The first kappa shape index (κ1) is 15.7. The molecule has 0 aliphatic carbocycles. The van der Waals surface area contributed by atoms with E-state index in [1.807, 2.05) is 26.0 Å². The van der Waals surface area contributed by atoms with E-state index in [4.69, 9.17) is 22.1 Å². The van der Waals surface area contributed by atoms with Crippen LogP contribution in [-0.2, 0) is 6.42 Å².